The van der Waals surface area contributed by atoms with Crippen LogP contribution in [-0.4, -0.2) is 55.7 Å². The van der Waals surface area contributed by atoms with E-state index in [4.69, 9.17) is 4.74 Å². The van der Waals surface area contributed by atoms with Gasteiger partial charge in [0.1, 0.15) is 0 Å². The molecule has 0 aromatic heterocycles. The maximum absolute atomic E-state index is 12.6. The number of urea groups is 1. The minimum Gasteiger partial charge on any atom is -0.384 e. The van der Waals surface area contributed by atoms with E-state index in [9.17, 15) is 4.79 Å². The first-order valence-corrected chi connectivity index (χ1v) is 7.73. The smallest absolute Gasteiger partial charge is 0.319 e. The number of carbonyl (C=O) groups is 1. The zero-order valence-corrected chi connectivity index (χ0v) is 12.4. The predicted octanol–water partition coefficient (Wildman–Crippen LogP) is 2.73. The monoisotopic (exact) mass is 268 g/mol. The number of nitrogens with zero attached hydrogens (tertiary/aromatic N) is 2. The molecule has 19 heavy (non-hydrogen) atoms. The molecule has 4 nitrogen and oxygen atoms in total. The van der Waals surface area contributed by atoms with Gasteiger partial charge < -0.3 is 14.5 Å². The molecular formula is C15H28N2O2. The Morgan fingerprint density at radius 3 is 2.58 bits per heavy atom. The molecule has 110 valence electrons. The lowest BCUT2D eigenvalue weighted by atomic mass is 10.1. The number of amides is 2. The third kappa shape index (κ3) is 3.85. The summed E-state index contributed by atoms with van der Waals surface area (Å²) in [6, 6.07) is 0.700. The van der Waals surface area contributed by atoms with E-state index in [1.54, 1.807) is 7.11 Å². The summed E-state index contributed by atoms with van der Waals surface area (Å²) >= 11 is 0. The molecule has 1 aliphatic heterocycles. The van der Waals surface area contributed by atoms with E-state index in [1.807, 2.05) is 11.9 Å². The second kappa shape index (κ2) is 7.13. The van der Waals surface area contributed by atoms with Crippen LogP contribution >= 0.6 is 0 Å². The summed E-state index contributed by atoms with van der Waals surface area (Å²) in [6.07, 6.45) is 8.43. The summed E-state index contributed by atoms with van der Waals surface area (Å²) in [5.74, 6) is 0.508. The molecule has 1 saturated heterocycles. The fourth-order valence-electron chi connectivity index (χ4n) is 3.45. The van der Waals surface area contributed by atoms with Crippen LogP contribution in [0.25, 0.3) is 0 Å². The van der Waals surface area contributed by atoms with E-state index in [1.165, 1.54) is 38.5 Å². The number of rotatable bonds is 3. The summed E-state index contributed by atoms with van der Waals surface area (Å²) in [7, 11) is 3.73. The van der Waals surface area contributed by atoms with Gasteiger partial charge in [-0.05, 0) is 31.6 Å². The van der Waals surface area contributed by atoms with Crippen LogP contribution in [0.5, 0.6) is 0 Å². The highest BCUT2D eigenvalue weighted by atomic mass is 16.5. The quantitative estimate of drug-likeness (QED) is 0.788. The molecule has 1 atom stereocenters. The number of hydrogen-bond donors (Lipinski definition) is 0. The van der Waals surface area contributed by atoms with Crippen molar-refractivity contribution in [3.63, 3.8) is 0 Å². The summed E-state index contributed by atoms with van der Waals surface area (Å²) in [5.41, 5.74) is 0. The molecule has 0 radical (unpaired) electrons. The molecule has 0 spiro atoms. The van der Waals surface area contributed by atoms with E-state index in [0.29, 0.717) is 12.0 Å². The van der Waals surface area contributed by atoms with Crippen LogP contribution in [0.4, 0.5) is 4.79 Å². The molecule has 2 rings (SSSR count). The molecule has 1 heterocycles. The molecule has 1 saturated carbocycles. The highest BCUT2D eigenvalue weighted by molar-refractivity contribution is 5.74. The van der Waals surface area contributed by atoms with Gasteiger partial charge in [-0.2, -0.15) is 0 Å². The standard InChI is InChI=1S/C15H28N2O2/c1-16(14-8-3-4-9-14)15(18)17-10-6-5-7-13(11-17)12-19-2/h13-14H,3-12H2,1-2H3/t13-/m0/s1. The van der Waals surface area contributed by atoms with Gasteiger partial charge in [-0.1, -0.05) is 19.3 Å². The number of hydrogen-bond acceptors (Lipinski definition) is 2. The second-order valence-corrected chi connectivity index (χ2v) is 6.09. The lowest BCUT2D eigenvalue weighted by Gasteiger charge is -2.32. The molecule has 1 aliphatic carbocycles. The number of ether oxygens (including phenoxy) is 1. The number of likely N-dealkylation sites (tertiary alicyclic amines) is 1. The minimum absolute atomic E-state index is 0.231. The molecular weight excluding hydrogens is 240 g/mol. The van der Waals surface area contributed by atoms with Crippen molar-refractivity contribution >= 4 is 6.03 Å². The zero-order valence-electron chi connectivity index (χ0n) is 12.4. The molecule has 2 amide bonds. The van der Waals surface area contributed by atoms with Gasteiger partial charge in [0.05, 0.1) is 6.61 Å². The molecule has 2 aliphatic rings. The van der Waals surface area contributed by atoms with E-state index >= 15 is 0 Å². The lowest BCUT2D eigenvalue weighted by molar-refractivity contribution is 0.114. The normalized spacial score (nSPS) is 25.4. The van der Waals surface area contributed by atoms with Crippen molar-refractivity contribution < 1.29 is 9.53 Å². The summed E-state index contributed by atoms with van der Waals surface area (Å²) in [6.45, 7) is 2.55. The van der Waals surface area contributed by atoms with Gasteiger partial charge in [-0.3, -0.25) is 0 Å². The molecule has 0 aromatic carbocycles. The third-order valence-electron chi connectivity index (χ3n) is 4.62. The average Bonchev–Trinajstić information content (AvgIpc) is 2.85. The van der Waals surface area contributed by atoms with Crippen LogP contribution in [0, 0.1) is 5.92 Å². The predicted molar refractivity (Wildman–Crippen MR) is 76.2 cm³/mol. The van der Waals surface area contributed by atoms with Crippen LogP contribution in [-0.2, 0) is 4.74 Å². The van der Waals surface area contributed by atoms with E-state index < -0.39 is 0 Å². The van der Waals surface area contributed by atoms with Crippen molar-refractivity contribution in [3.8, 4) is 0 Å². The fraction of sp³-hybridized carbons (Fsp3) is 0.933. The van der Waals surface area contributed by atoms with E-state index in [-0.39, 0.29) is 6.03 Å². The Bertz CT molecular complexity index is 290. The van der Waals surface area contributed by atoms with Crippen molar-refractivity contribution in [2.75, 3.05) is 33.9 Å². The third-order valence-corrected chi connectivity index (χ3v) is 4.62. The Morgan fingerprint density at radius 1 is 1.21 bits per heavy atom. The van der Waals surface area contributed by atoms with Crippen LogP contribution < -0.4 is 0 Å². The Morgan fingerprint density at radius 2 is 1.89 bits per heavy atom. The van der Waals surface area contributed by atoms with Crippen molar-refractivity contribution in [1.29, 1.82) is 0 Å². The van der Waals surface area contributed by atoms with Gasteiger partial charge in [0.25, 0.3) is 0 Å². The molecule has 0 bridgehead atoms. The topological polar surface area (TPSA) is 32.8 Å². The maximum Gasteiger partial charge on any atom is 0.319 e. The van der Waals surface area contributed by atoms with Crippen molar-refractivity contribution in [2.45, 2.75) is 51.0 Å². The Kier molecular flexibility index (Phi) is 5.49. The van der Waals surface area contributed by atoms with Gasteiger partial charge in [0, 0.05) is 33.3 Å². The van der Waals surface area contributed by atoms with Crippen molar-refractivity contribution in [3.05, 3.63) is 0 Å². The van der Waals surface area contributed by atoms with Gasteiger partial charge in [-0.25, -0.2) is 4.79 Å². The molecule has 2 fully saturated rings. The van der Waals surface area contributed by atoms with Gasteiger partial charge >= 0.3 is 6.03 Å². The van der Waals surface area contributed by atoms with E-state index in [2.05, 4.69) is 4.90 Å². The van der Waals surface area contributed by atoms with Crippen molar-refractivity contribution in [1.82, 2.24) is 9.80 Å². The summed E-state index contributed by atoms with van der Waals surface area (Å²) in [5, 5.41) is 0. The first-order valence-electron chi connectivity index (χ1n) is 7.73. The zero-order chi connectivity index (χ0) is 13.7. The Hall–Kier alpha value is -0.770. The second-order valence-electron chi connectivity index (χ2n) is 6.09. The Balaban J connectivity index is 1.91. The van der Waals surface area contributed by atoms with Gasteiger partial charge in [0.2, 0.25) is 0 Å². The van der Waals surface area contributed by atoms with Crippen LogP contribution in [0.3, 0.4) is 0 Å². The summed E-state index contributed by atoms with van der Waals surface area (Å²) < 4.78 is 5.27. The molecule has 0 N–H and O–H groups in total. The average molecular weight is 268 g/mol. The molecule has 0 aromatic rings. The lowest BCUT2D eigenvalue weighted by Crippen LogP contribution is -2.46. The first-order chi connectivity index (χ1) is 9.22. The van der Waals surface area contributed by atoms with Crippen LogP contribution in [0.1, 0.15) is 44.9 Å². The highest BCUT2D eigenvalue weighted by Crippen LogP contribution is 2.24. The van der Waals surface area contributed by atoms with Gasteiger partial charge in [-0.15, -0.1) is 0 Å². The highest BCUT2D eigenvalue weighted by Gasteiger charge is 2.29. The fourth-order valence-corrected chi connectivity index (χ4v) is 3.45. The SMILES string of the molecule is COC[C@H]1CCCCN(C(=O)N(C)C2CCCC2)C1. The van der Waals surface area contributed by atoms with Crippen LogP contribution in [0.15, 0.2) is 0 Å². The Labute approximate surface area is 117 Å². The van der Waals surface area contributed by atoms with Crippen LogP contribution in [0.2, 0.25) is 0 Å². The van der Waals surface area contributed by atoms with Gasteiger partial charge in [0.15, 0.2) is 0 Å². The maximum atomic E-state index is 12.6. The minimum atomic E-state index is 0.231. The van der Waals surface area contributed by atoms with Crippen molar-refractivity contribution in [2.24, 2.45) is 5.92 Å². The summed E-state index contributed by atoms with van der Waals surface area (Å²) in [4.78, 5) is 16.6. The molecule has 0 unspecified atom stereocenters. The number of carbonyl (C=O) groups excluding carboxylic acids is 1. The largest absolute Gasteiger partial charge is 0.384 e. The van der Waals surface area contributed by atoms with E-state index in [0.717, 1.165) is 26.1 Å². The number of methoxy groups -OCH3 is 1. The molecule has 4 heteroatoms. The first kappa shape index (κ1) is 14.6.